The van der Waals surface area contributed by atoms with Crippen LogP contribution in [0.1, 0.15) is 27.2 Å². The van der Waals surface area contributed by atoms with Gasteiger partial charge in [0.1, 0.15) is 6.23 Å². The molecule has 3 heteroatoms. The van der Waals surface area contributed by atoms with Crippen LogP contribution in [0, 0.1) is 0 Å². The number of aliphatic hydroxyl groups excluding tert-OH is 1. The molecule has 0 aliphatic carbocycles. The zero-order valence-corrected chi connectivity index (χ0v) is 8.45. The average molecular weight is 177 g/mol. The summed E-state index contributed by atoms with van der Waals surface area (Å²) in [6, 6.07) is 0.409. The van der Waals surface area contributed by atoms with Gasteiger partial charge in [0.25, 0.3) is 0 Å². The molecule has 11 heavy (non-hydrogen) atoms. The lowest BCUT2D eigenvalue weighted by Crippen LogP contribution is -2.35. The second kappa shape index (κ2) is 6.95. The van der Waals surface area contributed by atoms with Gasteiger partial charge in [-0.2, -0.15) is 11.8 Å². The minimum absolute atomic E-state index is 0.382. The van der Waals surface area contributed by atoms with E-state index in [1.807, 2.05) is 11.8 Å². The molecule has 0 spiro atoms. The van der Waals surface area contributed by atoms with Crippen molar-refractivity contribution in [2.75, 3.05) is 11.5 Å². The van der Waals surface area contributed by atoms with Crippen molar-refractivity contribution in [1.29, 1.82) is 0 Å². The van der Waals surface area contributed by atoms with E-state index in [1.54, 1.807) is 6.92 Å². The lowest BCUT2D eigenvalue weighted by atomic mass is 10.4. The third-order valence-electron chi connectivity index (χ3n) is 1.24. The molecule has 0 radical (unpaired) electrons. The highest BCUT2D eigenvalue weighted by atomic mass is 32.2. The van der Waals surface area contributed by atoms with Crippen molar-refractivity contribution in [1.82, 2.24) is 5.32 Å². The van der Waals surface area contributed by atoms with Crippen molar-refractivity contribution >= 4 is 11.8 Å². The van der Waals surface area contributed by atoms with Crippen LogP contribution in [0.3, 0.4) is 0 Å². The summed E-state index contributed by atoms with van der Waals surface area (Å²) in [6.07, 6.45) is 0.846. The smallest absolute Gasteiger partial charge is 0.102 e. The number of hydrogen-bond donors (Lipinski definition) is 2. The Kier molecular flexibility index (Phi) is 7.12. The SMILES string of the molecule is CCCSCC(C)NC(C)O. The van der Waals surface area contributed by atoms with Gasteiger partial charge in [0.2, 0.25) is 0 Å². The van der Waals surface area contributed by atoms with Crippen molar-refractivity contribution in [3.8, 4) is 0 Å². The van der Waals surface area contributed by atoms with Gasteiger partial charge < -0.3 is 5.11 Å². The van der Waals surface area contributed by atoms with E-state index in [2.05, 4.69) is 19.2 Å². The Labute approximate surface area is 73.8 Å². The molecule has 0 aromatic rings. The van der Waals surface area contributed by atoms with E-state index in [4.69, 9.17) is 5.11 Å². The molecule has 0 aromatic heterocycles. The summed E-state index contributed by atoms with van der Waals surface area (Å²) in [7, 11) is 0. The van der Waals surface area contributed by atoms with Gasteiger partial charge in [-0.1, -0.05) is 6.92 Å². The maximum absolute atomic E-state index is 8.96. The van der Waals surface area contributed by atoms with Crippen LogP contribution in [0.2, 0.25) is 0 Å². The molecule has 2 N–H and O–H groups in total. The Morgan fingerprint density at radius 1 is 1.45 bits per heavy atom. The van der Waals surface area contributed by atoms with Crippen LogP contribution in [0.5, 0.6) is 0 Å². The van der Waals surface area contributed by atoms with E-state index in [1.165, 1.54) is 12.2 Å². The molecule has 2 unspecified atom stereocenters. The van der Waals surface area contributed by atoms with Gasteiger partial charge in [-0.25, -0.2) is 0 Å². The number of nitrogens with one attached hydrogen (secondary N) is 1. The summed E-state index contributed by atoms with van der Waals surface area (Å²) in [5, 5.41) is 12.0. The Hall–Kier alpha value is 0.270. The third-order valence-corrected chi connectivity index (χ3v) is 2.67. The molecule has 0 aliphatic rings. The van der Waals surface area contributed by atoms with E-state index in [0.29, 0.717) is 6.04 Å². The first kappa shape index (κ1) is 11.3. The van der Waals surface area contributed by atoms with Gasteiger partial charge in [0, 0.05) is 11.8 Å². The van der Waals surface area contributed by atoms with E-state index in [0.717, 1.165) is 5.75 Å². The van der Waals surface area contributed by atoms with Crippen molar-refractivity contribution < 1.29 is 5.11 Å². The highest BCUT2D eigenvalue weighted by molar-refractivity contribution is 7.99. The number of hydrogen-bond acceptors (Lipinski definition) is 3. The molecule has 0 rings (SSSR count). The topological polar surface area (TPSA) is 32.3 Å². The minimum Gasteiger partial charge on any atom is -0.379 e. The molecule has 0 aromatic carbocycles. The first-order chi connectivity index (χ1) is 5.16. The first-order valence-corrected chi connectivity index (χ1v) is 5.34. The second-order valence-electron chi connectivity index (χ2n) is 2.82. The Balaban J connectivity index is 3.15. The van der Waals surface area contributed by atoms with Crippen LogP contribution >= 0.6 is 11.8 Å². The maximum Gasteiger partial charge on any atom is 0.102 e. The molecular weight excluding hydrogens is 158 g/mol. The monoisotopic (exact) mass is 177 g/mol. The van der Waals surface area contributed by atoms with Crippen LogP contribution in [-0.2, 0) is 0 Å². The van der Waals surface area contributed by atoms with Gasteiger partial charge in [-0.3, -0.25) is 5.32 Å². The predicted octanol–water partition coefficient (Wildman–Crippen LogP) is 1.45. The van der Waals surface area contributed by atoms with Crippen molar-refractivity contribution in [2.45, 2.75) is 39.5 Å². The summed E-state index contributed by atoms with van der Waals surface area (Å²) >= 11 is 1.93. The van der Waals surface area contributed by atoms with E-state index < -0.39 is 0 Å². The first-order valence-electron chi connectivity index (χ1n) is 4.18. The maximum atomic E-state index is 8.96. The normalized spacial score (nSPS) is 16.4. The van der Waals surface area contributed by atoms with Gasteiger partial charge in [0.05, 0.1) is 0 Å². The van der Waals surface area contributed by atoms with Gasteiger partial charge in [-0.05, 0) is 26.0 Å². The highest BCUT2D eigenvalue weighted by Crippen LogP contribution is 2.04. The second-order valence-corrected chi connectivity index (χ2v) is 3.97. The number of aliphatic hydroxyl groups is 1. The van der Waals surface area contributed by atoms with E-state index >= 15 is 0 Å². The molecule has 68 valence electrons. The standard InChI is InChI=1S/C8H19NOS/c1-4-5-11-6-7(2)9-8(3)10/h7-10H,4-6H2,1-3H3. The van der Waals surface area contributed by atoms with E-state index in [-0.39, 0.29) is 6.23 Å². The predicted molar refractivity (Wildman–Crippen MR) is 51.9 cm³/mol. The van der Waals surface area contributed by atoms with Crippen LogP contribution < -0.4 is 5.32 Å². The molecule has 0 fully saturated rings. The van der Waals surface area contributed by atoms with Crippen LogP contribution in [0.15, 0.2) is 0 Å². The Morgan fingerprint density at radius 2 is 2.09 bits per heavy atom. The summed E-state index contributed by atoms with van der Waals surface area (Å²) in [6.45, 7) is 6.02. The quantitative estimate of drug-likeness (QED) is 0.476. The van der Waals surface area contributed by atoms with Crippen molar-refractivity contribution in [3.05, 3.63) is 0 Å². The van der Waals surface area contributed by atoms with Crippen LogP contribution in [0.25, 0.3) is 0 Å². The van der Waals surface area contributed by atoms with Gasteiger partial charge >= 0.3 is 0 Å². The Morgan fingerprint density at radius 3 is 2.55 bits per heavy atom. The fraction of sp³-hybridized carbons (Fsp3) is 1.00. The third kappa shape index (κ3) is 8.17. The molecule has 0 aliphatic heterocycles. The fourth-order valence-corrected chi connectivity index (χ4v) is 1.77. The summed E-state index contributed by atoms with van der Waals surface area (Å²) in [5.41, 5.74) is 0. The molecule has 2 nitrogen and oxygen atoms in total. The summed E-state index contributed by atoms with van der Waals surface area (Å²) < 4.78 is 0. The number of thioether (sulfide) groups is 1. The zero-order valence-electron chi connectivity index (χ0n) is 7.63. The molecule has 0 saturated carbocycles. The van der Waals surface area contributed by atoms with Crippen molar-refractivity contribution in [3.63, 3.8) is 0 Å². The fourth-order valence-electron chi connectivity index (χ4n) is 0.864. The largest absolute Gasteiger partial charge is 0.379 e. The summed E-state index contributed by atoms with van der Waals surface area (Å²) in [5.74, 6) is 2.30. The van der Waals surface area contributed by atoms with E-state index in [9.17, 15) is 0 Å². The average Bonchev–Trinajstić information content (AvgIpc) is 1.86. The molecule has 0 heterocycles. The Bertz CT molecular complexity index is 88.2. The molecular formula is C8H19NOS. The highest BCUT2D eigenvalue weighted by Gasteiger charge is 2.02. The lowest BCUT2D eigenvalue weighted by molar-refractivity contribution is 0.147. The zero-order chi connectivity index (χ0) is 8.69. The van der Waals surface area contributed by atoms with Gasteiger partial charge in [0.15, 0.2) is 0 Å². The van der Waals surface area contributed by atoms with Crippen molar-refractivity contribution in [2.24, 2.45) is 0 Å². The van der Waals surface area contributed by atoms with Crippen LogP contribution in [0.4, 0.5) is 0 Å². The number of rotatable bonds is 6. The molecule has 0 saturated heterocycles. The summed E-state index contributed by atoms with van der Waals surface area (Å²) in [4.78, 5) is 0. The minimum atomic E-state index is -0.382. The van der Waals surface area contributed by atoms with Crippen LogP contribution in [-0.4, -0.2) is 28.9 Å². The molecule has 2 atom stereocenters. The molecule has 0 bridgehead atoms. The lowest BCUT2D eigenvalue weighted by Gasteiger charge is -2.14. The molecule has 0 amide bonds. The van der Waals surface area contributed by atoms with Gasteiger partial charge in [-0.15, -0.1) is 0 Å².